The molecule has 0 aliphatic carbocycles. The quantitative estimate of drug-likeness (QED) is 0.153. The average Bonchev–Trinajstić information content (AvgIpc) is 3.70. The molecule has 5 rings (SSSR count). The maximum atomic E-state index is 13.6. The maximum Gasteiger partial charge on any atom is 0.417 e. The van der Waals surface area contributed by atoms with E-state index in [-0.39, 0.29) is 46.3 Å². The number of carbonyl (C=O) groups is 1. The Morgan fingerprint density at radius 2 is 1.12 bits per heavy atom. The smallest absolute Gasteiger partial charge is 0.352 e. The lowest BCUT2D eigenvalue weighted by Gasteiger charge is -2.12. The van der Waals surface area contributed by atoms with Crippen LogP contribution in [0.2, 0.25) is 0 Å². The van der Waals surface area contributed by atoms with Gasteiger partial charge in [-0.05, 0) is 55.5 Å². The van der Waals surface area contributed by atoms with Gasteiger partial charge >= 0.3 is 12.4 Å². The molecular formula is C26H18F6N8O7S2. The third-order valence-corrected chi connectivity index (χ3v) is 8.38. The van der Waals surface area contributed by atoms with Crippen LogP contribution in [0.15, 0.2) is 70.7 Å². The van der Waals surface area contributed by atoms with Crippen LogP contribution in [-0.2, 0) is 32.6 Å². The van der Waals surface area contributed by atoms with E-state index in [9.17, 15) is 57.1 Å². The fraction of sp³-hybridized carbons (Fsp3) is 0.154. The molecule has 0 saturated heterocycles. The summed E-state index contributed by atoms with van der Waals surface area (Å²) in [4.78, 5) is 14.3. The van der Waals surface area contributed by atoms with Crippen LogP contribution >= 0.6 is 0 Å². The molecule has 1 amide bonds. The van der Waals surface area contributed by atoms with Crippen LogP contribution in [0.3, 0.4) is 0 Å². The van der Waals surface area contributed by atoms with Gasteiger partial charge in [-0.15, -0.1) is 10.2 Å². The number of aromatic nitrogens is 7. The summed E-state index contributed by atoms with van der Waals surface area (Å²) < 4.78 is 148. The molecule has 3 N–H and O–H groups in total. The lowest BCUT2D eigenvalue weighted by Crippen LogP contribution is -2.22. The molecule has 0 bridgehead atoms. The molecule has 0 fully saturated rings. The maximum absolute atomic E-state index is 13.6. The number of pyridine rings is 1. The summed E-state index contributed by atoms with van der Waals surface area (Å²) in [6.45, 7) is 1.82. The fourth-order valence-electron chi connectivity index (χ4n) is 4.42. The van der Waals surface area contributed by atoms with Gasteiger partial charge in [0.1, 0.15) is 21.2 Å². The van der Waals surface area contributed by atoms with E-state index in [2.05, 4.69) is 30.9 Å². The monoisotopic (exact) mass is 732 g/mol. The molecule has 0 spiro atoms. The standard InChI is InChI=1S/C26H18F6N8O7S2/c1-2-33-24(41)13-7-18(20-11-39(37-35-20)14-3-5-22(48(42,43)44)16(9-14)25(27,28)29)34-19(8-13)21-12-40(38-36-21)15-4-6-23(49(45,46)47)17(10-15)26(30,31)32/h3-12H,2H2,1H3,(H,33,41)(H,42,43,44)(H,45,46,47). The Bertz CT molecular complexity index is 2170. The summed E-state index contributed by atoms with van der Waals surface area (Å²) in [5, 5.41) is 17.8. The molecule has 3 aromatic heterocycles. The van der Waals surface area contributed by atoms with E-state index in [1.165, 1.54) is 12.1 Å². The highest BCUT2D eigenvalue weighted by molar-refractivity contribution is 7.86. The van der Waals surface area contributed by atoms with Gasteiger partial charge in [0.15, 0.2) is 0 Å². The summed E-state index contributed by atoms with van der Waals surface area (Å²) in [5.41, 5.74) is -4.41. The lowest BCUT2D eigenvalue weighted by atomic mass is 10.1. The Labute approximate surface area is 270 Å². The van der Waals surface area contributed by atoms with Gasteiger partial charge < -0.3 is 5.32 Å². The highest BCUT2D eigenvalue weighted by Gasteiger charge is 2.38. The molecule has 0 aliphatic heterocycles. The average molecular weight is 733 g/mol. The molecular weight excluding hydrogens is 714 g/mol. The lowest BCUT2D eigenvalue weighted by molar-refractivity contribution is -0.140. The number of nitrogens with one attached hydrogen (secondary N) is 1. The van der Waals surface area contributed by atoms with E-state index in [0.717, 1.165) is 33.9 Å². The topological polar surface area (TPSA) is 212 Å². The summed E-state index contributed by atoms with van der Waals surface area (Å²) in [5.74, 6) is -0.613. The fourth-order valence-corrected chi connectivity index (χ4v) is 5.80. The van der Waals surface area contributed by atoms with Crippen molar-refractivity contribution in [3.8, 4) is 34.2 Å². The number of hydrogen-bond acceptors (Lipinski definition) is 10. The predicted octanol–water partition coefficient (Wildman–Crippen LogP) is 3.86. The van der Waals surface area contributed by atoms with Crippen molar-refractivity contribution >= 4 is 26.1 Å². The van der Waals surface area contributed by atoms with Gasteiger partial charge in [-0.1, -0.05) is 10.4 Å². The summed E-state index contributed by atoms with van der Waals surface area (Å²) in [7, 11) is -10.5. The van der Waals surface area contributed by atoms with E-state index in [0.29, 0.717) is 24.3 Å². The number of benzene rings is 2. The number of nitrogens with zero attached hydrogens (tertiary/aromatic N) is 7. The van der Waals surface area contributed by atoms with Crippen LogP contribution in [0, 0.1) is 0 Å². The second-order valence-electron chi connectivity index (χ2n) is 9.89. The van der Waals surface area contributed by atoms with Crippen molar-refractivity contribution in [1.82, 2.24) is 40.3 Å². The summed E-state index contributed by atoms with van der Waals surface area (Å²) in [6.07, 6.45) is -8.18. The van der Waals surface area contributed by atoms with Gasteiger partial charge in [0.05, 0.1) is 46.3 Å². The van der Waals surface area contributed by atoms with Gasteiger partial charge in [0.2, 0.25) is 0 Å². The minimum Gasteiger partial charge on any atom is -0.352 e. The Morgan fingerprint density at radius 1 is 0.714 bits per heavy atom. The zero-order valence-electron chi connectivity index (χ0n) is 24.1. The number of hydrogen-bond donors (Lipinski definition) is 3. The Balaban J connectivity index is 1.58. The Morgan fingerprint density at radius 3 is 1.47 bits per heavy atom. The molecule has 0 saturated carbocycles. The first-order valence-electron chi connectivity index (χ1n) is 13.2. The van der Waals surface area contributed by atoms with Gasteiger partial charge in [-0.25, -0.2) is 14.3 Å². The van der Waals surface area contributed by atoms with E-state index in [1.807, 2.05) is 0 Å². The van der Waals surface area contributed by atoms with Crippen LogP contribution in [0.1, 0.15) is 28.4 Å². The van der Waals surface area contributed by atoms with E-state index >= 15 is 0 Å². The molecule has 0 aliphatic rings. The molecule has 0 radical (unpaired) electrons. The minimum atomic E-state index is -5.25. The first-order chi connectivity index (χ1) is 22.7. The van der Waals surface area contributed by atoms with Crippen LogP contribution < -0.4 is 5.32 Å². The molecule has 0 unspecified atom stereocenters. The van der Waals surface area contributed by atoms with Crippen LogP contribution in [0.4, 0.5) is 26.3 Å². The molecule has 15 nitrogen and oxygen atoms in total. The molecule has 49 heavy (non-hydrogen) atoms. The normalized spacial score (nSPS) is 12.7. The SMILES string of the molecule is CCNC(=O)c1cc(-c2cn(-c3ccc(S(=O)(=O)O)c(C(F)(F)F)c3)nn2)nc(-c2cn(-c3ccc(S(=O)(=O)O)c(C(F)(F)F)c3)nn2)c1. The van der Waals surface area contributed by atoms with Gasteiger partial charge in [0.25, 0.3) is 26.1 Å². The molecule has 2 aromatic carbocycles. The largest absolute Gasteiger partial charge is 0.417 e. The molecule has 23 heteroatoms. The third-order valence-electron chi connectivity index (χ3n) is 6.56. The molecule has 0 atom stereocenters. The van der Waals surface area contributed by atoms with Gasteiger partial charge in [0, 0.05) is 12.1 Å². The molecule has 3 heterocycles. The van der Waals surface area contributed by atoms with Crippen molar-refractivity contribution < 1.29 is 57.1 Å². The highest BCUT2D eigenvalue weighted by Crippen LogP contribution is 2.37. The summed E-state index contributed by atoms with van der Waals surface area (Å²) in [6, 6.07) is 6.22. The predicted molar refractivity (Wildman–Crippen MR) is 153 cm³/mol. The zero-order valence-corrected chi connectivity index (χ0v) is 25.8. The third kappa shape index (κ3) is 7.43. The first kappa shape index (κ1) is 35.1. The van der Waals surface area contributed by atoms with Crippen molar-refractivity contribution in [3.63, 3.8) is 0 Å². The van der Waals surface area contributed by atoms with Crippen molar-refractivity contribution in [1.29, 1.82) is 0 Å². The summed E-state index contributed by atoms with van der Waals surface area (Å²) >= 11 is 0. The first-order valence-corrected chi connectivity index (χ1v) is 16.1. The second kappa shape index (κ2) is 12.3. The zero-order chi connectivity index (χ0) is 36.1. The minimum absolute atomic E-state index is 0.0281. The second-order valence-corrected chi connectivity index (χ2v) is 12.7. The van der Waals surface area contributed by atoms with Crippen molar-refractivity contribution in [3.05, 3.63) is 77.6 Å². The van der Waals surface area contributed by atoms with Crippen molar-refractivity contribution in [2.45, 2.75) is 29.1 Å². The van der Waals surface area contributed by atoms with Crippen LogP contribution in [0.5, 0.6) is 0 Å². The van der Waals surface area contributed by atoms with Crippen molar-refractivity contribution in [2.24, 2.45) is 0 Å². The van der Waals surface area contributed by atoms with E-state index in [1.54, 1.807) is 6.92 Å². The van der Waals surface area contributed by atoms with E-state index in [4.69, 9.17) is 0 Å². The number of amides is 1. The van der Waals surface area contributed by atoms with E-state index < -0.39 is 59.4 Å². The Hall–Kier alpha value is -5.26. The Kier molecular flexibility index (Phi) is 8.82. The molecule has 258 valence electrons. The van der Waals surface area contributed by atoms with Crippen LogP contribution in [-0.4, -0.2) is 73.4 Å². The van der Waals surface area contributed by atoms with Crippen LogP contribution in [0.25, 0.3) is 34.2 Å². The van der Waals surface area contributed by atoms with Crippen molar-refractivity contribution in [2.75, 3.05) is 6.54 Å². The molecule has 5 aromatic rings. The number of carbonyl (C=O) groups excluding carboxylic acids is 1. The number of alkyl halides is 6. The number of halogens is 6. The van der Waals surface area contributed by atoms with Gasteiger partial charge in [-0.2, -0.15) is 43.2 Å². The van der Waals surface area contributed by atoms with Gasteiger partial charge in [-0.3, -0.25) is 13.9 Å². The number of rotatable bonds is 8. The highest BCUT2D eigenvalue weighted by atomic mass is 32.2.